The summed E-state index contributed by atoms with van der Waals surface area (Å²) in [6.07, 6.45) is 0.787. The molecular formula is C12H6ClF2NO3. The standard InChI is InChI=1S/C12H6ClF2NO3/c13-9-2-1-6(14)4-10(9)19-11-8(12(17)18)3-7(15)5-16-11/h1-5H,(H,17,18). The van der Waals surface area contributed by atoms with Crippen molar-refractivity contribution in [1.29, 1.82) is 0 Å². The maximum atomic E-state index is 13.0. The second kappa shape index (κ2) is 5.19. The Kier molecular flexibility index (Phi) is 3.62. The van der Waals surface area contributed by atoms with Crippen LogP contribution in [0.3, 0.4) is 0 Å². The summed E-state index contributed by atoms with van der Waals surface area (Å²) in [6.45, 7) is 0. The molecule has 98 valence electrons. The Hall–Kier alpha value is -2.21. The Morgan fingerprint density at radius 1 is 1.26 bits per heavy atom. The van der Waals surface area contributed by atoms with Gasteiger partial charge in [0.15, 0.2) is 5.75 Å². The molecule has 0 aliphatic heterocycles. The molecule has 4 nitrogen and oxygen atoms in total. The molecule has 0 radical (unpaired) electrons. The molecule has 0 atom stereocenters. The van der Waals surface area contributed by atoms with Crippen LogP contribution in [0.2, 0.25) is 5.02 Å². The van der Waals surface area contributed by atoms with Gasteiger partial charge in [0.1, 0.15) is 17.2 Å². The summed E-state index contributed by atoms with van der Waals surface area (Å²) in [5, 5.41) is 8.97. The first-order valence-corrected chi connectivity index (χ1v) is 5.37. The number of carboxylic acid groups (broad SMARTS) is 1. The number of aromatic nitrogens is 1. The van der Waals surface area contributed by atoms with E-state index in [1.165, 1.54) is 6.07 Å². The summed E-state index contributed by atoms with van der Waals surface area (Å²) in [6, 6.07) is 4.08. The molecule has 0 amide bonds. The number of aromatic carboxylic acids is 1. The van der Waals surface area contributed by atoms with Crippen LogP contribution in [0.15, 0.2) is 30.5 Å². The van der Waals surface area contributed by atoms with Crippen molar-refractivity contribution in [2.45, 2.75) is 0 Å². The average Bonchev–Trinajstić information content (AvgIpc) is 2.35. The van der Waals surface area contributed by atoms with Crippen LogP contribution in [0.4, 0.5) is 8.78 Å². The molecule has 1 N–H and O–H groups in total. The number of carbonyl (C=O) groups is 1. The minimum atomic E-state index is -1.42. The number of hydrogen-bond donors (Lipinski definition) is 1. The molecule has 7 heteroatoms. The van der Waals surface area contributed by atoms with Crippen molar-refractivity contribution in [2.75, 3.05) is 0 Å². The third-order valence-electron chi connectivity index (χ3n) is 2.15. The first-order chi connectivity index (χ1) is 8.97. The average molecular weight is 286 g/mol. The molecule has 19 heavy (non-hydrogen) atoms. The third-order valence-corrected chi connectivity index (χ3v) is 2.46. The summed E-state index contributed by atoms with van der Waals surface area (Å²) < 4.78 is 31.1. The van der Waals surface area contributed by atoms with Crippen LogP contribution in [0, 0.1) is 11.6 Å². The second-order valence-corrected chi connectivity index (χ2v) is 3.90. The van der Waals surface area contributed by atoms with Crippen LogP contribution < -0.4 is 4.74 Å². The van der Waals surface area contributed by atoms with Crippen LogP contribution in [0.1, 0.15) is 10.4 Å². The normalized spacial score (nSPS) is 10.3. The van der Waals surface area contributed by atoms with Gasteiger partial charge in [-0.3, -0.25) is 0 Å². The number of pyridine rings is 1. The lowest BCUT2D eigenvalue weighted by molar-refractivity contribution is 0.0692. The van der Waals surface area contributed by atoms with Gasteiger partial charge in [0.2, 0.25) is 5.88 Å². The molecule has 0 fully saturated rings. The van der Waals surface area contributed by atoms with Gasteiger partial charge in [-0.05, 0) is 18.2 Å². The van der Waals surface area contributed by atoms with Crippen LogP contribution in [0.25, 0.3) is 0 Å². The van der Waals surface area contributed by atoms with Gasteiger partial charge >= 0.3 is 5.97 Å². The quantitative estimate of drug-likeness (QED) is 0.937. The summed E-state index contributed by atoms with van der Waals surface area (Å²) >= 11 is 5.77. The van der Waals surface area contributed by atoms with Crippen LogP contribution in [-0.4, -0.2) is 16.1 Å². The van der Waals surface area contributed by atoms with E-state index in [0.29, 0.717) is 0 Å². The van der Waals surface area contributed by atoms with Crippen LogP contribution in [-0.2, 0) is 0 Å². The molecule has 0 aliphatic rings. The highest BCUT2D eigenvalue weighted by Gasteiger charge is 2.16. The van der Waals surface area contributed by atoms with E-state index in [1.54, 1.807) is 0 Å². The Morgan fingerprint density at radius 2 is 2.00 bits per heavy atom. The smallest absolute Gasteiger partial charge is 0.341 e. The zero-order valence-electron chi connectivity index (χ0n) is 9.23. The van der Waals surface area contributed by atoms with Crippen molar-refractivity contribution in [3.05, 3.63) is 52.7 Å². The molecular weight excluding hydrogens is 280 g/mol. The molecule has 0 spiro atoms. The van der Waals surface area contributed by atoms with Gasteiger partial charge in [-0.15, -0.1) is 0 Å². The number of carboxylic acids is 1. The second-order valence-electron chi connectivity index (χ2n) is 3.49. The van der Waals surface area contributed by atoms with E-state index in [0.717, 1.165) is 24.4 Å². The molecule has 0 saturated carbocycles. The summed E-state index contributed by atoms with van der Waals surface area (Å²) in [5.74, 6) is -3.34. The fourth-order valence-electron chi connectivity index (χ4n) is 1.32. The van der Waals surface area contributed by atoms with Gasteiger partial charge in [0.05, 0.1) is 11.2 Å². The fourth-order valence-corrected chi connectivity index (χ4v) is 1.48. The summed E-state index contributed by atoms with van der Waals surface area (Å²) in [4.78, 5) is 14.4. The lowest BCUT2D eigenvalue weighted by Gasteiger charge is -2.08. The lowest BCUT2D eigenvalue weighted by atomic mass is 10.2. The Labute approximate surface area is 111 Å². The van der Waals surface area contributed by atoms with E-state index in [-0.39, 0.29) is 16.7 Å². The van der Waals surface area contributed by atoms with E-state index >= 15 is 0 Å². The van der Waals surface area contributed by atoms with Crippen molar-refractivity contribution in [1.82, 2.24) is 4.98 Å². The van der Waals surface area contributed by atoms with Gasteiger partial charge in [-0.25, -0.2) is 18.6 Å². The van der Waals surface area contributed by atoms with E-state index < -0.39 is 23.2 Å². The lowest BCUT2D eigenvalue weighted by Crippen LogP contribution is -2.03. The largest absolute Gasteiger partial charge is 0.477 e. The van der Waals surface area contributed by atoms with Gasteiger partial charge in [0, 0.05) is 6.07 Å². The van der Waals surface area contributed by atoms with Crippen molar-refractivity contribution in [3.8, 4) is 11.6 Å². The fraction of sp³-hybridized carbons (Fsp3) is 0. The SMILES string of the molecule is O=C(O)c1cc(F)cnc1Oc1cc(F)ccc1Cl. The zero-order valence-corrected chi connectivity index (χ0v) is 9.99. The zero-order chi connectivity index (χ0) is 14.0. The number of ether oxygens (including phenoxy) is 1. The molecule has 0 saturated heterocycles. The Balaban J connectivity index is 2.43. The first-order valence-electron chi connectivity index (χ1n) is 4.99. The minimum Gasteiger partial charge on any atom is -0.477 e. The number of halogens is 3. The van der Waals surface area contributed by atoms with Gasteiger partial charge in [-0.2, -0.15) is 0 Å². The number of hydrogen-bond acceptors (Lipinski definition) is 3. The predicted octanol–water partition coefficient (Wildman–Crippen LogP) is 3.50. The van der Waals surface area contributed by atoms with Crippen molar-refractivity contribution >= 4 is 17.6 Å². The number of rotatable bonds is 3. The van der Waals surface area contributed by atoms with Crippen LogP contribution in [0.5, 0.6) is 11.6 Å². The minimum absolute atomic E-state index is 0.0730. The van der Waals surface area contributed by atoms with E-state index in [9.17, 15) is 13.6 Å². The highest BCUT2D eigenvalue weighted by molar-refractivity contribution is 6.32. The van der Waals surface area contributed by atoms with Gasteiger partial charge in [-0.1, -0.05) is 11.6 Å². The molecule has 1 aromatic carbocycles. The molecule has 0 unspecified atom stereocenters. The topological polar surface area (TPSA) is 59.4 Å². The van der Waals surface area contributed by atoms with Crippen molar-refractivity contribution < 1.29 is 23.4 Å². The van der Waals surface area contributed by atoms with E-state index in [4.69, 9.17) is 21.4 Å². The van der Waals surface area contributed by atoms with Gasteiger partial charge < -0.3 is 9.84 Å². The maximum absolute atomic E-state index is 13.0. The van der Waals surface area contributed by atoms with Crippen molar-refractivity contribution in [3.63, 3.8) is 0 Å². The van der Waals surface area contributed by atoms with Gasteiger partial charge in [0.25, 0.3) is 0 Å². The number of nitrogens with zero attached hydrogens (tertiary/aromatic N) is 1. The number of benzene rings is 1. The van der Waals surface area contributed by atoms with Crippen molar-refractivity contribution in [2.24, 2.45) is 0 Å². The Morgan fingerprint density at radius 3 is 2.68 bits per heavy atom. The highest BCUT2D eigenvalue weighted by atomic mass is 35.5. The maximum Gasteiger partial charge on any atom is 0.341 e. The molecule has 2 rings (SSSR count). The van der Waals surface area contributed by atoms with E-state index in [1.807, 2.05) is 0 Å². The van der Waals surface area contributed by atoms with E-state index in [2.05, 4.69) is 4.98 Å². The summed E-state index contributed by atoms with van der Waals surface area (Å²) in [5.41, 5.74) is -0.486. The highest BCUT2D eigenvalue weighted by Crippen LogP contribution is 2.30. The Bertz CT molecular complexity index is 649. The molecule has 1 heterocycles. The molecule has 0 aliphatic carbocycles. The predicted molar refractivity (Wildman–Crippen MR) is 62.6 cm³/mol. The first kappa shape index (κ1) is 13.2. The monoisotopic (exact) mass is 285 g/mol. The molecule has 2 aromatic rings. The summed E-state index contributed by atoms with van der Waals surface area (Å²) in [7, 11) is 0. The molecule has 1 aromatic heterocycles. The third kappa shape index (κ3) is 2.97. The van der Waals surface area contributed by atoms with Crippen LogP contribution >= 0.6 is 11.6 Å². The molecule has 0 bridgehead atoms.